The minimum absolute atomic E-state index is 0.0725. The lowest BCUT2D eigenvalue weighted by atomic mass is 10.1. The Morgan fingerprint density at radius 2 is 2.09 bits per heavy atom. The third-order valence-electron chi connectivity index (χ3n) is 5.15. The number of nitrogens with one attached hydrogen (secondary N) is 3. The van der Waals surface area contributed by atoms with E-state index in [1.165, 1.54) is 33.2 Å². The van der Waals surface area contributed by atoms with Crippen LogP contribution in [0.1, 0.15) is 47.0 Å². The molecule has 2 aromatic heterocycles. The molecule has 11 heteroatoms. The predicted octanol–water partition coefficient (Wildman–Crippen LogP) is 2.82. The lowest BCUT2D eigenvalue weighted by Crippen LogP contribution is -2.20. The van der Waals surface area contributed by atoms with Gasteiger partial charge in [0.2, 0.25) is 11.7 Å². The monoisotopic (exact) mass is 469 g/mol. The minimum atomic E-state index is -2.72. The summed E-state index contributed by atoms with van der Waals surface area (Å²) in [5.41, 5.74) is -0.457. The molecule has 4 N–H and O–H groups in total. The van der Waals surface area contributed by atoms with Crippen molar-refractivity contribution in [2.75, 3.05) is 24.7 Å². The number of anilines is 3. The van der Waals surface area contributed by atoms with Gasteiger partial charge in [-0.05, 0) is 38.8 Å². The number of pyridine rings is 1. The molecule has 1 aliphatic rings. The van der Waals surface area contributed by atoms with Gasteiger partial charge in [-0.25, -0.2) is 4.98 Å². The number of benzene rings is 1. The van der Waals surface area contributed by atoms with E-state index in [0.29, 0.717) is 11.3 Å². The number of hydrogen-bond donors (Lipinski definition) is 4. The Kier molecular flexibility index (Phi) is 5.21. The van der Waals surface area contributed by atoms with Crippen LogP contribution in [0.5, 0.6) is 5.75 Å². The second-order valence-electron chi connectivity index (χ2n) is 8.33. The molecule has 4 rings (SSSR count). The standard InChI is InChI=1S/C23H26N6O5/c1-23(2,32)22-28-21(34-29-22)13-6-5-7-15(18(13)33-4)26-16-10-17(27-19(30)12-8-9-12)25-11-14(16)20(31)24-3/h5-7,10-12,32H,8-9H2,1-4H3,(H,24,31)(H2,25,26,27,30)/i3D3. The van der Waals surface area contributed by atoms with Crippen LogP contribution in [-0.4, -0.2) is 46.1 Å². The molecular formula is C23H26N6O5. The van der Waals surface area contributed by atoms with Crippen LogP contribution in [-0.2, 0) is 10.4 Å². The van der Waals surface area contributed by atoms with Gasteiger partial charge < -0.3 is 30.3 Å². The number of aliphatic hydroxyl groups is 1. The van der Waals surface area contributed by atoms with Gasteiger partial charge in [0.1, 0.15) is 11.4 Å². The molecule has 0 saturated heterocycles. The van der Waals surface area contributed by atoms with Gasteiger partial charge in [-0.15, -0.1) is 0 Å². The molecule has 34 heavy (non-hydrogen) atoms. The maximum absolute atomic E-state index is 12.7. The van der Waals surface area contributed by atoms with Crippen LogP contribution in [0.3, 0.4) is 0 Å². The van der Waals surface area contributed by atoms with Crippen molar-refractivity contribution in [1.82, 2.24) is 20.4 Å². The van der Waals surface area contributed by atoms with Crippen LogP contribution in [0.4, 0.5) is 17.2 Å². The molecule has 0 radical (unpaired) electrons. The van der Waals surface area contributed by atoms with Crippen molar-refractivity contribution < 1.29 is 28.1 Å². The molecule has 11 nitrogen and oxygen atoms in total. The number of para-hydroxylation sites is 1. The zero-order valence-corrected chi connectivity index (χ0v) is 18.8. The molecule has 1 saturated carbocycles. The van der Waals surface area contributed by atoms with Gasteiger partial charge >= 0.3 is 0 Å². The molecule has 2 amide bonds. The number of methoxy groups -OCH3 is 1. The number of amides is 2. The smallest absolute Gasteiger partial charge is 0.261 e. The van der Waals surface area contributed by atoms with Crippen molar-refractivity contribution in [3.63, 3.8) is 0 Å². The first kappa shape index (κ1) is 19.5. The first-order valence-corrected chi connectivity index (χ1v) is 10.5. The van der Waals surface area contributed by atoms with Gasteiger partial charge in [0.15, 0.2) is 5.75 Å². The summed E-state index contributed by atoms with van der Waals surface area (Å²) in [6.45, 7) is 0.318. The van der Waals surface area contributed by atoms with Crippen LogP contribution in [0.25, 0.3) is 11.5 Å². The summed E-state index contributed by atoms with van der Waals surface area (Å²) in [6.07, 6.45) is 2.77. The quantitative estimate of drug-likeness (QED) is 0.390. The van der Waals surface area contributed by atoms with Gasteiger partial charge in [-0.1, -0.05) is 11.2 Å². The van der Waals surface area contributed by atoms with Crippen molar-refractivity contribution in [3.05, 3.63) is 41.9 Å². The maximum atomic E-state index is 12.7. The fraction of sp³-hybridized carbons (Fsp3) is 0.348. The summed E-state index contributed by atoms with van der Waals surface area (Å²) in [6, 6.07) is 6.43. The summed E-state index contributed by atoms with van der Waals surface area (Å²) in [5.74, 6) is -0.519. The average molecular weight is 470 g/mol. The molecule has 0 bridgehead atoms. The molecule has 0 spiro atoms. The number of hydrogen-bond acceptors (Lipinski definition) is 9. The normalized spacial score (nSPS) is 15.0. The van der Waals surface area contributed by atoms with Crippen LogP contribution < -0.4 is 20.7 Å². The van der Waals surface area contributed by atoms with E-state index in [-0.39, 0.29) is 46.4 Å². The Morgan fingerprint density at radius 1 is 1.29 bits per heavy atom. The zero-order valence-electron chi connectivity index (χ0n) is 21.8. The molecule has 1 aromatic carbocycles. The van der Waals surface area contributed by atoms with E-state index in [1.54, 1.807) is 18.2 Å². The fourth-order valence-corrected chi connectivity index (χ4v) is 3.20. The van der Waals surface area contributed by atoms with E-state index >= 15 is 0 Å². The van der Waals surface area contributed by atoms with Crippen molar-refractivity contribution in [3.8, 4) is 17.2 Å². The highest BCUT2D eigenvalue weighted by Crippen LogP contribution is 2.38. The summed E-state index contributed by atoms with van der Waals surface area (Å²) in [7, 11) is 1.42. The molecule has 1 aliphatic carbocycles. The summed E-state index contributed by atoms with van der Waals surface area (Å²) in [4.78, 5) is 33.3. The van der Waals surface area contributed by atoms with Gasteiger partial charge in [-0.2, -0.15) is 4.98 Å². The molecule has 0 atom stereocenters. The van der Waals surface area contributed by atoms with Crippen molar-refractivity contribution in [1.29, 1.82) is 0 Å². The Labute approximate surface area is 200 Å². The highest BCUT2D eigenvalue weighted by Gasteiger charge is 2.30. The highest BCUT2D eigenvalue weighted by molar-refractivity contribution is 6.01. The number of ether oxygens (including phenoxy) is 1. The average Bonchev–Trinajstić information content (AvgIpc) is 3.53. The molecule has 1 fully saturated rings. The Morgan fingerprint density at radius 3 is 2.74 bits per heavy atom. The minimum Gasteiger partial charge on any atom is -0.494 e. The summed E-state index contributed by atoms with van der Waals surface area (Å²) in [5, 5.41) is 21.7. The Bertz CT molecular complexity index is 1330. The second kappa shape index (κ2) is 9.10. The van der Waals surface area contributed by atoms with Crippen LogP contribution in [0, 0.1) is 5.92 Å². The number of nitrogens with zero attached hydrogens (tertiary/aromatic N) is 3. The molecular weight excluding hydrogens is 440 g/mol. The van der Waals surface area contributed by atoms with E-state index in [9.17, 15) is 14.7 Å². The van der Waals surface area contributed by atoms with Gasteiger partial charge in [-0.3, -0.25) is 9.59 Å². The number of carbonyl (C=O) groups is 2. The molecule has 0 unspecified atom stereocenters. The highest BCUT2D eigenvalue weighted by atomic mass is 16.5. The Hall–Kier alpha value is -3.99. The number of aromatic nitrogens is 3. The molecule has 178 valence electrons. The van der Waals surface area contributed by atoms with Crippen molar-refractivity contribution >= 4 is 29.0 Å². The molecule has 3 aromatic rings. The van der Waals surface area contributed by atoms with Gasteiger partial charge in [0.25, 0.3) is 11.8 Å². The fourth-order valence-electron chi connectivity index (χ4n) is 3.20. The van der Waals surface area contributed by atoms with E-state index in [4.69, 9.17) is 13.4 Å². The van der Waals surface area contributed by atoms with Crippen LogP contribution in [0.15, 0.2) is 35.0 Å². The maximum Gasteiger partial charge on any atom is 0.261 e. The third kappa shape index (κ3) is 4.84. The van der Waals surface area contributed by atoms with Crippen LogP contribution >= 0.6 is 0 Å². The lowest BCUT2D eigenvalue weighted by molar-refractivity contribution is -0.117. The summed E-state index contributed by atoms with van der Waals surface area (Å²) < 4.78 is 33.0. The summed E-state index contributed by atoms with van der Waals surface area (Å²) >= 11 is 0. The lowest BCUT2D eigenvalue weighted by Gasteiger charge is -2.16. The topological polar surface area (TPSA) is 151 Å². The second-order valence-corrected chi connectivity index (χ2v) is 8.33. The molecule has 2 heterocycles. The largest absolute Gasteiger partial charge is 0.494 e. The predicted molar refractivity (Wildman–Crippen MR) is 124 cm³/mol. The zero-order chi connectivity index (χ0) is 27.0. The first-order chi connectivity index (χ1) is 17.4. The molecule has 0 aliphatic heterocycles. The Balaban J connectivity index is 1.72. The first-order valence-electron chi connectivity index (χ1n) is 12.0. The van der Waals surface area contributed by atoms with E-state index in [1.807, 2.05) is 5.32 Å². The van der Waals surface area contributed by atoms with Gasteiger partial charge in [0.05, 0.1) is 29.6 Å². The van der Waals surface area contributed by atoms with E-state index in [0.717, 1.165) is 12.8 Å². The van der Waals surface area contributed by atoms with E-state index < -0.39 is 18.5 Å². The van der Waals surface area contributed by atoms with Gasteiger partial charge in [0, 0.05) is 29.3 Å². The van der Waals surface area contributed by atoms with Crippen molar-refractivity contribution in [2.45, 2.75) is 32.3 Å². The third-order valence-corrected chi connectivity index (χ3v) is 5.15. The number of carbonyl (C=O) groups excluding carboxylic acids is 2. The van der Waals surface area contributed by atoms with Crippen molar-refractivity contribution in [2.24, 2.45) is 5.92 Å². The van der Waals surface area contributed by atoms with Crippen LogP contribution in [0.2, 0.25) is 0 Å². The number of rotatable bonds is 8. The van der Waals surface area contributed by atoms with E-state index in [2.05, 4.69) is 25.8 Å². The SMILES string of the molecule is [2H]C([2H])([2H])NC(=O)c1cnc(NC(=O)C2CC2)cc1Nc1cccc(-c2nc(C(C)(C)O)no2)c1OC.